The van der Waals surface area contributed by atoms with Gasteiger partial charge in [0.05, 0.1) is 0 Å². The Morgan fingerprint density at radius 1 is 1.23 bits per heavy atom. The molecule has 0 fully saturated rings. The fourth-order valence-corrected chi connectivity index (χ4v) is 1.42. The molecule has 1 aromatic carbocycles. The number of rotatable bonds is 1. The number of thioether (sulfide) groups is 1. The van der Waals surface area contributed by atoms with Gasteiger partial charge in [0.1, 0.15) is 0 Å². The molecule has 0 amide bonds. The molecule has 13 heavy (non-hydrogen) atoms. The highest BCUT2D eigenvalue weighted by molar-refractivity contribution is 9.10. The highest BCUT2D eigenvalue weighted by atomic mass is 79.9. The van der Waals surface area contributed by atoms with Gasteiger partial charge in [0.15, 0.2) is 0 Å². The standard InChI is InChI=1S/C11H11BrS/c1-9(2)13-8-7-10-3-5-11(12)6-4-10/h3-6,9H,1-2H3. The Hall–Kier alpha value is -0.390. The van der Waals surface area contributed by atoms with Gasteiger partial charge in [0, 0.05) is 15.3 Å². The average molecular weight is 255 g/mol. The summed E-state index contributed by atoms with van der Waals surface area (Å²) in [4.78, 5) is 0. The third-order valence-corrected chi connectivity index (χ3v) is 2.55. The fourth-order valence-electron chi connectivity index (χ4n) is 0.739. The van der Waals surface area contributed by atoms with Crippen LogP contribution in [0.25, 0.3) is 0 Å². The van der Waals surface area contributed by atoms with Crippen molar-refractivity contribution < 1.29 is 0 Å². The summed E-state index contributed by atoms with van der Waals surface area (Å²) in [6.45, 7) is 4.28. The highest BCUT2D eigenvalue weighted by Crippen LogP contribution is 2.11. The zero-order chi connectivity index (χ0) is 9.68. The van der Waals surface area contributed by atoms with E-state index in [1.165, 1.54) is 0 Å². The van der Waals surface area contributed by atoms with Crippen molar-refractivity contribution in [2.24, 2.45) is 0 Å². The maximum atomic E-state index is 3.38. The van der Waals surface area contributed by atoms with Crippen molar-refractivity contribution in [3.05, 3.63) is 34.3 Å². The third kappa shape index (κ3) is 4.40. The molecule has 1 aromatic rings. The lowest BCUT2D eigenvalue weighted by Crippen LogP contribution is -1.81. The van der Waals surface area contributed by atoms with E-state index in [4.69, 9.17) is 0 Å². The van der Waals surface area contributed by atoms with Crippen molar-refractivity contribution in [1.82, 2.24) is 0 Å². The van der Waals surface area contributed by atoms with Crippen LogP contribution in [-0.4, -0.2) is 5.25 Å². The molecule has 0 heterocycles. The van der Waals surface area contributed by atoms with Crippen LogP contribution in [-0.2, 0) is 0 Å². The molecule has 0 radical (unpaired) electrons. The maximum Gasteiger partial charge on any atom is 0.0255 e. The van der Waals surface area contributed by atoms with E-state index in [1.54, 1.807) is 11.8 Å². The average Bonchev–Trinajstić information content (AvgIpc) is 2.08. The van der Waals surface area contributed by atoms with Crippen molar-refractivity contribution in [3.63, 3.8) is 0 Å². The Morgan fingerprint density at radius 2 is 1.85 bits per heavy atom. The van der Waals surface area contributed by atoms with Gasteiger partial charge in [-0.05, 0) is 29.5 Å². The second kappa shape index (κ2) is 5.36. The molecular weight excluding hydrogens is 244 g/mol. The van der Waals surface area contributed by atoms with Crippen LogP contribution in [0.15, 0.2) is 28.7 Å². The molecule has 1 rings (SSSR count). The van der Waals surface area contributed by atoms with Crippen LogP contribution in [0.4, 0.5) is 0 Å². The van der Waals surface area contributed by atoms with E-state index < -0.39 is 0 Å². The van der Waals surface area contributed by atoms with Gasteiger partial charge in [0.25, 0.3) is 0 Å². The molecule has 0 aliphatic heterocycles. The Balaban J connectivity index is 2.62. The molecule has 0 saturated carbocycles. The van der Waals surface area contributed by atoms with Gasteiger partial charge >= 0.3 is 0 Å². The van der Waals surface area contributed by atoms with E-state index in [2.05, 4.69) is 41.0 Å². The van der Waals surface area contributed by atoms with Gasteiger partial charge in [-0.25, -0.2) is 0 Å². The summed E-state index contributed by atoms with van der Waals surface area (Å²) < 4.78 is 1.09. The predicted octanol–water partition coefficient (Wildman–Crippen LogP) is 3.90. The molecule has 2 heteroatoms. The maximum absolute atomic E-state index is 3.38. The monoisotopic (exact) mass is 254 g/mol. The van der Waals surface area contributed by atoms with Crippen molar-refractivity contribution in [2.75, 3.05) is 0 Å². The topological polar surface area (TPSA) is 0 Å². The zero-order valence-corrected chi connectivity index (χ0v) is 10.1. The molecule has 68 valence electrons. The van der Waals surface area contributed by atoms with E-state index >= 15 is 0 Å². The Bertz CT molecular complexity index is 316. The first-order valence-corrected chi connectivity index (χ1v) is 5.78. The zero-order valence-electron chi connectivity index (χ0n) is 7.67. The summed E-state index contributed by atoms with van der Waals surface area (Å²) in [5.74, 6) is 3.10. The molecule has 0 spiro atoms. The molecule has 0 saturated heterocycles. The minimum absolute atomic E-state index is 0.572. The summed E-state index contributed by atoms with van der Waals surface area (Å²) in [7, 11) is 0. The molecule has 0 unspecified atom stereocenters. The Labute approximate surface area is 92.2 Å². The summed E-state index contributed by atoms with van der Waals surface area (Å²) in [5.41, 5.74) is 1.07. The summed E-state index contributed by atoms with van der Waals surface area (Å²) in [6.07, 6.45) is 0. The molecule has 0 nitrogen and oxygen atoms in total. The first-order chi connectivity index (χ1) is 6.18. The smallest absolute Gasteiger partial charge is 0.0255 e. The van der Waals surface area contributed by atoms with E-state index in [9.17, 15) is 0 Å². The molecule has 0 aliphatic rings. The van der Waals surface area contributed by atoms with Crippen LogP contribution < -0.4 is 0 Å². The summed E-state index contributed by atoms with van der Waals surface area (Å²) in [6, 6.07) is 8.03. The van der Waals surface area contributed by atoms with E-state index in [0.717, 1.165) is 10.0 Å². The van der Waals surface area contributed by atoms with Gasteiger partial charge in [-0.15, -0.1) is 0 Å². The first-order valence-electron chi connectivity index (χ1n) is 4.10. The number of halogens is 1. The number of hydrogen-bond donors (Lipinski definition) is 0. The number of hydrogen-bond acceptors (Lipinski definition) is 1. The van der Waals surface area contributed by atoms with Crippen LogP contribution in [0.5, 0.6) is 0 Å². The van der Waals surface area contributed by atoms with Crippen LogP contribution in [0.2, 0.25) is 0 Å². The molecule has 0 atom stereocenters. The van der Waals surface area contributed by atoms with Crippen molar-refractivity contribution in [2.45, 2.75) is 19.1 Å². The molecule has 0 aliphatic carbocycles. The van der Waals surface area contributed by atoms with Gasteiger partial charge in [0.2, 0.25) is 0 Å². The second-order valence-electron chi connectivity index (χ2n) is 2.90. The predicted molar refractivity (Wildman–Crippen MR) is 63.7 cm³/mol. The van der Waals surface area contributed by atoms with Gasteiger partial charge < -0.3 is 0 Å². The molecule has 0 N–H and O–H groups in total. The second-order valence-corrected chi connectivity index (χ2v) is 5.20. The van der Waals surface area contributed by atoms with E-state index in [-0.39, 0.29) is 0 Å². The van der Waals surface area contributed by atoms with Crippen LogP contribution >= 0.6 is 27.7 Å². The first kappa shape index (κ1) is 10.7. The van der Waals surface area contributed by atoms with Crippen molar-refractivity contribution in [3.8, 4) is 11.2 Å². The lowest BCUT2D eigenvalue weighted by Gasteiger charge is -1.93. The third-order valence-electron chi connectivity index (χ3n) is 1.33. The van der Waals surface area contributed by atoms with E-state index in [0.29, 0.717) is 5.25 Å². The number of benzene rings is 1. The normalized spacial score (nSPS) is 9.54. The fraction of sp³-hybridized carbons (Fsp3) is 0.273. The Kier molecular flexibility index (Phi) is 4.41. The lowest BCUT2D eigenvalue weighted by molar-refractivity contribution is 1.12. The molecule has 0 bridgehead atoms. The van der Waals surface area contributed by atoms with Crippen LogP contribution in [0.1, 0.15) is 19.4 Å². The van der Waals surface area contributed by atoms with Gasteiger partial charge in [-0.1, -0.05) is 47.5 Å². The quantitative estimate of drug-likeness (QED) is 0.686. The van der Waals surface area contributed by atoms with Crippen molar-refractivity contribution >= 4 is 27.7 Å². The summed E-state index contributed by atoms with van der Waals surface area (Å²) in [5, 5.41) is 3.64. The summed E-state index contributed by atoms with van der Waals surface area (Å²) >= 11 is 5.04. The van der Waals surface area contributed by atoms with E-state index in [1.807, 2.05) is 24.3 Å². The minimum Gasteiger partial charge on any atom is -0.0719 e. The minimum atomic E-state index is 0.572. The highest BCUT2D eigenvalue weighted by Gasteiger charge is 1.89. The Morgan fingerprint density at radius 3 is 2.38 bits per heavy atom. The molecule has 0 aromatic heterocycles. The van der Waals surface area contributed by atoms with Gasteiger partial charge in [-0.2, -0.15) is 0 Å². The SMILES string of the molecule is CC(C)SC#Cc1ccc(Br)cc1. The largest absolute Gasteiger partial charge is 0.0719 e. The lowest BCUT2D eigenvalue weighted by atomic mass is 10.2. The van der Waals surface area contributed by atoms with Gasteiger partial charge in [-0.3, -0.25) is 0 Å². The molecular formula is C11H11BrS. The van der Waals surface area contributed by atoms with Crippen LogP contribution in [0.3, 0.4) is 0 Å². The van der Waals surface area contributed by atoms with Crippen molar-refractivity contribution in [1.29, 1.82) is 0 Å². The van der Waals surface area contributed by atoms with Crippen LogP contribution in [0, 0.1) is 11.2 Å².